The molecule has 30 heavy (non-hydrogen) atoms. The first-order chi connectivity index (χ1) is 14.7. The summed E-state index contributed by atoms with van der Waals surface area (Å²) in [6, 6.07) is 7.98. The number of nitrogens with two attached hydrogens (primary N) is 1. The van der Waals surface area contributed by atoms with Gasteiger partial charge in [0.25, 0.3) is 0 Å². The van der Waals surface area contributed by atoms with Gasteiger partial charge in [-0.3, -0.25) is 4.79 Å². The molecule has 0 bridgehead atoms. The van der Waals surface area contributed by atoms with Crippen LogP contribution in [0.4, 0.5) is 0 Å². The lowest BCUT2D eigenvalue weighted by atomic mass is 10.0. The van der Waals surface area contributed by atoms with Crippen LogP contribution in [0.25, 0.3) is 0 Å². The molecule has 0 aromatic heterocycles. The Balaban J connectivity index is 1.91. The first kappa shape index (κ1) is 26.6. The number of carbonyl (C=O) groups is 1. The first-order valence-electron chi connectivity index (χ1n) is 12.4. The van der Waals surface area contributed by atoms with Crippen molar-refractivity contribution in [2.24, 2.45) is 5.73 Å². The number of unbranched alkanes of at least 4 members (excludes halogenated alkanes) is 10. The van der Waals surface area contributed by atoms with Crippen LogP contribution >= 0.6 is 0 Å². The van der Waals surface area contributed by atoms with Gasteiger partial charge in [0.15, 0.2) is 0 Å². The standard InChI is InChI=1S/C26H46N2O2/c1-2-3-4-5-6-7-8-9-10-11-12-14-25(29)15-13-16-26(30)28-22-24-19-17-23(21-27)18-20-24/h17-20,25,29H,2-16,21-22,27H2,1H3,(H,28,30). The SMILES string of the molecule is CCCCCCCCCCCCCC(O)CCCC(=O)NCc1ccc(CN)cc1. The highest BCUT2D eigenvalue weighted by molar-refractivity contribution is 5.75. The maximum absolute atomic E-state index is 12.0. The zero-order valence-corrected chi connectivity index (χ0v) is 19.3. The number of rotatable bonds is 19. The van der Waals surface area contributed by atoms with Crippen LogP contribution in [0, 0.1) is 0 Å². The number of amides is 1. The normalized spacial score (nSPS) is 12.1. The maximum atomic E-state index is 12.0. The second-order valence-corrected chi connectivity index (χ2v) is 8.67. The summed E-state index contributed by atoms with van der Waals surface area (Å²) in [5, 5.41) is 13.1. The Hall–Kier alpha value is -1.39. The Morgan fingerprint density at radius 3 is 1.90 bits per heavy atom. The molecular formula is C26H46N2O2. The predicted octanol–water partition coefficient (Wildman–Crippen LogP) is 5.99. The summed E-state index contributed by atoms with van der Waals surface area (Å²) in [5.74, 6) is 0.0554. The smallest absolute Gasteiger partial charge is 0.220 e. The summed E-state index contributed by atoms with van der Waals surface area (Å²) in [4.78, 5) is 12.0. The van der Waals surface area contributed by atoms with E-state index in [1.807, 2.05) is 24.3 Å². The third-order valence-electron chi connectivity index (χ3n) is 5.83. The molecule has 0 fully saturated rings. The van der Waals surface area contributed by atoms with Gasteiger partial charge in [-0.2, -0.15) is 0 Å². The van der Waals surface area contributed by atoms with Crippen LogP contribution in [0.15, 0.2) is 24.3 Å². The first-order valence-corrected chi connectivity index (χ1v) is 12.4. The quantitative estimate of drug-likeness (QED) is 0.241. The van der Waals surface area contributed by atoms with E-state index in [-0.39, 0.29) is 12.0 Å². The minimum absolute atomic E-state index is 0.0554. The molecule has 1 aromatic carbocycles. The minimum Gasteiger partial charge on any atom is -0.393 e. The molecule has 0 aliphatic rings. The van der Waals surface area contributed by atoms with Crippen molar-refractivity contribution in [1.29, 1.82) is 0 Å². The molecule has 1 aromatic rings. The molecule has 4 nitrogen and oxygen atoms in total. The van der Waals surface area contributed by atoms with Gasteiger partial charge in [0.2, 0.25) is 5.91 Å². The van der Waals surface area contributed by atoms with Gasteiger partial charge in [-0.1, -0.05) is 102 Å². The van der Waals surface area contributed by atoms with Crippen LogP contribution in [-0.2, 0) is 17.9 Å². The number of hydrogen-bond donors (Lipinski definition) is 3. The van der Waals surface area contributed by atoms with Crippen molar-refractivity contribution in [1.82, 2.24) is 5.32 Å². The number of carbonyl (C=O) groups excluding carboxylic acids is 1. The van der Waals surface area contributed by atoms with Crippen molar-refractivity contribution in [3.8, 4) is 0 Å². The lowest BCUT2D eigenvalue weighted by molar-refractivity contribution is -0.121. The maximum Gasteiger partial charge on any atom is 0.220 e. The van der Waals surface area contributed by atoms with E-state index in [1.54, 1.807) is 0 Å². The van der Waals surface area contributed by atoms with Crippen molar-refractivity contribution in [3.05, 3.63) is 35.4 Å². The van der Waals surface area contributed by atoms with Gasteiger partial charge in [0.05, 0.1) is 6.10 Å². The average molecular weight is 419 g/mol. The van der Waals surface area contributed by atoms with Crippen LogP contribution in [0.5, 0.6) is 0 Å². The van der Waals surface area contributed by atoms with E-state index in [9.17, 15) is 9.90 Å². The van der Waals surface area contributed by atoms with Crippen LogP contribution in [0.3, 0.4) is 0 Å². The summed E-state index contributed by atoms with van der Waals surface area (Å²) in [6.07, 6.45) is 17.1. The van der Waals surface area contributed by atoms with Gasteiger partial charge in [-0.25, -0.2) is 0 Å². The zero-order chi connectivity index (χ0) is 21.9. The van der Waals surface area contributed by atoms with Gasteiger partial charge in [-0.05, 0) is 30.4 Å². The van der Waals surface area contributed by atoms with Crippen LogP contribution in [-0.4, -0.2) is 17.1 Å². The second-order valence-electron chi connectivity index (χ2n) is 8.67. The van der Waals surface area contributed by atoms with Gasteiger partial charge in [0.1, 0.15) is 0 Å². The van der Waals surface area contributed by atoms with Crippen molar-refractivity contribution in [3.63, 3.8) is 0 Å². The monoisotopic (exact) mass is 418 g/mol. The fourth-order valence-electron chi connectivity index (χ4n) is 3.77. The number of nitrogens with one attached hydrogen (secondary N) is 1. The van der Waals surface area contributed by atoms with Crippen LogP contribution in [0.2, 0.25) is 0 Å². The number of aliphatic hydroxyl groups excluding tert-OH is 1. The summed E-state index contributed by atoms with van der Waals surface area (Å²) < 4.78 is 0. The van der Waals surface area contributed by atoms with Gasteiger partial charge in [0, 0.05) is 19.5 Å². The van der Waals surface area contributed by atoms with E-state index >= 15 is 0 Å². The van der Waals surface area contributed by atoms with E-state index in [4.69, 9.17) is 5.73 Å². The molecule has 1 unspecified atom stereocenters. The fraction of sp³-hybridized carbons (Fsp3) is 0.731. The van der Waals surface area contributed by atoms with E-state index < -0.39 is 0 Å². The summed E-state index contributed by atoms with van der Waals surface area (Å²) in [6.45, 7) is 3.35. The Labute approximate surface area is 185 Å². The van der Waals surface area contributed by atoms with Crippen molar-refractivity contribution < 1.29 is 9.90 Å². The molecule has 0 aliphatic carbocycles. The van der Waals surface area contributed by atoms with Gasteiger partial charge >= 0.3 is 0 Å². The zero-order valence-electron chi connectivity index (χ0n) is 19.3. The highest BCUT2D eigenvalue weighted by Crippen LogP contribution is 2.14. The molecule has 0 heterocycles. The molecule has 0 saturated heterocycles. The van der Waals surface area contributed by atoms with E-state index in [1.165, 1.54) is 64.2 Å². The van der Waals surface area contributed by atoms with Gasteiger partial charge in [-0.15, -0.1) is 0 Å². The molecule has 1 atom stereocenters. The Kier molecular flexibility index (Phi) is 16.3. The second kappa shape index (κ2) is 18.4. The van der Waals surface area contributed by atoms with E-state index in [0.29, 0.717) is 19.5 Å². The third-order valence-corrected chi connectivity index (χ3v) is 5.83. The molecular weight excluding hydrogens is 372 g/mol. The predicted molar refractivity (Wildman–Crippen MR) is 127 cm³/mol. The van der Waals surface area contributed by atoms with Crippen molar-refractivity contribution >= 4 is 5.91 Å². The summed E-state index contributed by atoms with van der Waals surface area (Å²) in [7, 11) is 0. The topological polar surface area (TPSA) is 75.3 Å². The molecule has 4 N–H and O–H groups in total. The Morgan fingerprint density at radius 2 is 1.33 bits per heavy atom. The molecule has 1 amide bonds. The third kappa shape index (κ3) is 14.6. The van der Waals surface area contributed by atoms with Crippen molar-refractivity contribution in [2.45, 2.75) is 122 Å². The lowest BCUT2D eigenvalue weighted by Crippen LogP contribution is -2.22. The summed E-state index contributed by atoms with van der Waals surface area (Å²) in [5.41, 5.74) is 7.77. The van der Waals surface area contributed by atoms with Gasteiger partial charge < -0.3 is 16.2 Å². The lowest BCUT2D eigenvalue weighted by Gasteiger charge is -2.11. The number of benzene rings is 1. The Morgan fingerprint density at radius 1 is 0.833 bits per heavy atom. The molecule has 4 heteroatoms. The average Bonchev–Trinajstić information content (AvgIpc) is 2.76. The molecule has 172 valence electrons. The minimum atomic E-state index is -0.264. The summed E-state index contributed by atoms with van der Waals surface area (Å²) >= 11 is 0. The number of hydrogen-bond acceptors (Lipinski definition) is 3. The van der Waals surface area contributed by atoms with Crippen LogP contribution in [0.1, 0.15) is 114 Å². The Bertz CT molecular complexity index is 530. The molecule has 0 spiro atoms. The highest BCUT2D eigenvalue weighted by atomic mass is 16.3. The van der Waals surface area contributed by atoms with Crippen molar-refractivity contribution in [2.75, 3.05) is 0 Å². The van der Waals surface area contributed by atoms with E-state index in [0.717, 1.165) is 36.8 Å². The van der Waals surface area contributed by atoms with Crippen LogP contribution < -0.4 is 11.1 Å². The molecule has 0 aliphatic heterocycles. The molecule has 0 radical (unpaired) electrons. The highest BCUT2D eigenvalue weighted by Gasteiger charge is 2.07. The molecule has 0 saturated carbocycles. The molecule has 1 rings (SSSR count). The fourth-order valence-corrected chi connectivity index (χ4v) is 3.77. The van der Waals surface area contributed by atoms with E-state index in [2.05, 4.69) is 12.2 Å². The largest absolute Gasteiger partial charge is 0.393 e. The number of aliphatic hydroxyl groups is 1.